The van der Waals surface area contributed by atoms with Gasteiger partial charge in [0.05, 0.1) is 22.0 Å². The highest BCUT2D eigenvalue weighted by Gasteiger charge is 2.21. The number of nitrogens with zero attached hydrogens (tertiary/aromatic N) is 3. The Morgan fingerprint density at radius 3 is 1.76 bits per heavy atom. The minimum absolute atomic E-state index is 0.0121. The van der Waals surface area contributed by atoms with Crippen molar-refractivity contribution in [2.45, 2.75) is 38.5 Å². The molecule has 3 N–H and O–H groups in total. The Labute approximate surface area is 191 Å². The number of aromatic hydroxyl groups is 2. The minimum Gasteiger partial charge on any atom is -0.508 e. The van der Waals surface area contributed by atoms with Gasteiger partial charge < -0.3 is 20.4 Å². The topological polar surface area (TPSA) is 142 Å². The fraction of sp³-hybridized carbons (Fsp3) is 0.455. The third-order valence-corrected chi connectivity index (χ3v) is 5.19. The molecule has 33 heavy (non-hydrogen) atoms. The third-order valence-electron chi connectivity index (χ3n) is 5.19. The first kappa shape index (κ1) is 25.8. The molecule has 0 aliphatic carbocycles. The monoisotopic (exact) mass is 464 g/mol. The number of rotatable bonds is 3. The minimum atomic E-state index is -0.951. The van der Waals surface area contributed by atoms with E-state index in [1.807, 2.05) is 4.90 Å². The summed E-state index contributed by atoms with van der Waals surface area (Å²) in [5.74, 6) is -1.33. The number of hydrogen-bond donors (Lipinski definition) is 3. The van der Waals surface area contributed by atoms with E-state index < -0.39 is 21.4 Å². The standard InChI is InChI=1S/C11H14N2O3.C6H4FNO3.C5H11N/c14-9-4-5-10(11(8-9)13(15)16)12-6-2-1-3-7-12;7-5-2-1-4(9)3-6(5)8(10)11;1-2-4-6-5-3-1/h4-5,8,14H,1-3,6-7H2;1-3,9H;6H,1-5H2. The number of nitro benzene ring substituents is 2. The first-order chi connectivity index (χ1) is 15.8. The van der Waals surface area contributed by atoms with Crippen molar-refractivity contribution in [2.75, 3.05) is 31.1 Å². The number of anilines is 1. The van der Waals surface area contributed by atoms with Gasteiger partial charge in [0.25, 0.3) is 5.69 Å². The second-order valence-electron chi connectivity index (χ2n) is 7.68. The molecule has 0 unspecified atom stereocenters. The molecular formula is C22H29FN4O6. The summed E-state index contributed by atoms with van der Waals surface area (Å²) < 4.78 is 12.5. The van der Waals surface area contributed by atoms with Crippen LogP contribution in [0.4, 0.5) is 21.5 Å². The zero-order valence-corrected chi connectivity index (χ0v) is 18.3. The highest BCUT2D eigenvalue weighted by Crippen LogP contribution is 2.33. The second kappa shape index (κ2) is 13.2. The van der Waals surface area contributed by atoms with Crippen molar-refractivity contribution in [1.29, 1.82) is 0 Å². The van der Waals surface area contributed by atoms with Gasteiger partial charge in [-0.05, 0) is 69.5 Å². The van der Waals surface area contributed by atoms with Crippen molar-refractivity contribution in [3.63, 3.8) is 0 Å². The summed E-state index contributed by atoms with van der Waals surface area (Å²) >= 11 is 0. The molecule has 11 heteroatoms. The Kier molecular flexibility index (Phi) is 10.3. The Balaban J connectivity index is 0.000000195. The molecule has 2 aliphatic heterocycles. The number of hydrogen-bond acceptors (Lipinski definition) is 8. The number of halogens is 1. The maximum atomic E-state index is 12.5. The molecule has 2 saturated heterocycles. The first-order valence-electron chi connectivity index (χ1n) is 10.9. The van der Waals surface area contributed by atoms with Crippen LogP contribution < -0.4 is 10.2 Å². The lowest BCUT2D eigenvalue weighted by atomic mass is 10.1. The van der Waals surface area contributed by atoms with Gasteiger partial charge >= 0.3 is 5.69 Å². The quantitative estimate of drug-likeness (QED) is 0.445. The smallest absolute Gasteiger partial charge is 0.308 e. The largest absolute Gasteiger partial charge is 0.508 e. The number of nitrogens with one attached hydrogen (secondary N) is 1. The second-order valence-corrected chi connectivity index (χ2v) is 7.68. The van der Waals surface area contributed by atoms with E-state index in [9.17, 15) is 29.7 Å². The number of phenolic OH excluding ortho intramolecular Hbond substituents is 2. The van der Waals surface area contributed by atoms with Gasteiger partial charge in [-0.3, -0.25) is 20.2 Å². The van der Waals surface area contributed by atoms with E-state index in [0.29, 0.717) is 5.69 Å². The van der Waals surface area contributed by atoms with E-state index in [4.69, 9.17) is 5.11 Å². The van der Waals surface area contributed by atoms with Gasteiger partial charge in [-0.25, -0.2) is 0 Å². The van der Waals surface area contributed by atoms with Gasteiger partial charge in [0.1, 0.15) is 17.2 Å². The third kappa shape index (κ3) is 8.53. The van der Waals surface area contributed by atoms with E-state index in [-0.39, 0.29) is 17.2 Å². The van der Waals surface area contributed by atoms with Gasteiger partial charge in [0, 0.05) is 13.1 Å². The maximum absolute atomic E-state index is 12.5. The van der Waals surface area contributed by atoms with Crippen LogP contribution in [0.5, 0.6) is 11.5 Å². The van der Waals surface area contributed by atoms with E-state index in [0.717, 1.165) is 44.1 Å². The number of phenols is 2. The zero-order valence-electron chi connectivity index (χ0n) is 18.3. The van der Waals surface area contributed by atoms with Gasteiger partial charge in [0.15, 0.2) is 0 Å². The molecular weight excluding hydrogens is 435 g/mol. The molecule has 0 radical (unpaired) electrons. The Morgan fingerprint density at radius 1 is 0.788 bits per heavy atom. The van der Waals surface area contributed by atoms with E-state index in [1.165, 1.54) is 50.9 Å². The van der Waals surface area contributed by atoms with Crippen molar-refractivity contribution in [2.24, 2.45) is 0 Å². The SMILES string of the molecule is C1CCNCC1.O=[N+]([O-])c1cc(O)ccc1F.O=[N+]([O-])c1cc(O)ccc1N1CCCCC1. The van der Waals surface area contributed by atoms with Gasteiger partial charge in [0.2, 0.25) is 5.82 Å². The Bertz CT molecular complexity index is 922. The molecule has 0 aromatic heterocycles. The average molecular weight is 464 g/mol. The van der Waals surface area contributed by atoms with E-state index >= 15 is 0 Å². The predicted molar refractivity (Wildman–Crippen MR) is 122 cm³/mol. The van der Waals surface area contributed by atoms with Gasteiger partial charge in [-0.2, -0.15) is 4.39 Å². The molecule has 180 valence electrons. The normalized spacial score (nSPS) is 15.4. The molecule has 2 heterocycles. The first-order valence-corrected chi connectivity index (χ1v) is 10.9. The molecule has 0 saturated carbocycles. The van der Waals surface area contributed by atoms with Crippen molar-refractivity contribution in [1.82, 2.24) is 5.32 Å². The lowest BCUT2D eigenvalue weighted by Crippen LogP contribution is -2.29. The lowest BCUT2D eigenvalue weighted by molar-refractivity contribution is -0.387. The molecule has 0 atom stereocenters. The molecule has 0 bridgehead atoms. The van der Waals surface area contributed by atoms with E-state index in [2.05, 4.69) is 5.32 Å². The van der Waals surface area contributed by atoms with Crippen LogP contribution in [0.15, 0.2) is 36.4 Å². The summed E-state index contributed by atoms with van der Waals surface area (Å²) in [4.78, 5) is 21.6. The number of benzene rings is 2. The van der Waals surface area contributed by atoms with Crippen LogP contribution in [-0.4, -0.2) is 46.2 Å². The molecule has 4 rings (SSSR count). The number of piperidine rings is 2. The Morgan fingerprint density at radius 2 is 1.30 bits per heavy atom. The van der Waals surface area contributed by atoms with Crippen LogP contribution in [-0.2, 0) is 0 Å². The fourth-order valence-corrected chi connectivity index (χ4v) is 3.50. The number of nitro groups is 2. The molecule has 0 amide bonds. The summed E-state index contributed by atoms with van der Waals surface area (Å²) in [6.45, 7) is 4.21. The fourth-order valence-electron chi connectivity index (χ4n) is 3.50. The zero-order chi connectivity index (χ0) is 24.2. The summed E-state index contributed by atoms with van der Waals surface area (Å²) in [6, 6.07) is 6.98. The molecule has 2 aromatic carbocycles. The highest BCUT2D eigenvalue weighted by atomic mass is 19.1. The molecule has 2 fully saturated rings. The summed E-state index contributed by atoms with van der Waals surface area (Å²) in [5.41, 5.74) is -0.116. The Hall–Kier alpha value is -3.47. The van der Waals surface area contributed by atoms with Gasteiger partial charge in [-0.15, -0.1) is 0 Å². The maximum Gasteiger partial charge on any atom is 0.308 e. The summed E-state index contributed by atoms with van der Waals surface area (Å²) in [6.07, 6.45) is 7.53. The van der Waals surface area contributed by atoms with Crippen LogP contribution in [0.25, 0.3) is 0 Å². The van der Waals surface area contributed by atoms with Crippen molar-refractivity contribution in [3.8, 4) is 11.5 Å². The molecule has 0 spiro atoms. The van der Waals surface area contributed by atoms with Crippen LogP contribution in [0.1, 0.15) is 38.5 Å². The van der Waals surface area contributed by atoms with E-state index in [1.54, 1.807) is 6.07 Å². The van der Waals surface area contributed by atoms with Gasteiger partial charge in [-0.1, -0.05) is 6.42 Å². The van der Waals surface area contributed by atoms with Crippen LogP contribution >= 0.6 is 0 Å². The molecule has 10 nitrogen and oxygen atoms in total. The predicted octanol–water partition coefficient (Wildman–Crippen LogP) is 4.49. The lowest BCUT2D eigenvalue weighted by Gasteiger charge is -2.28. The summed E-state index contributed by atoms with van der Waals surface area (Å²) in [7, 11) is 0. The highest BCUT2D eigenvalue weighted by molar-refractivity contribution is 5.65. The van der Waals surface area contributed by atoms with Crippen molar-refractivity contribution >= 4 is 17.1 Å². The van der Waals surface area contributed by atoms with Crippen LogP contribution in [0.2, 0.25) is 0 Å². The molecule has 2 aromatic rings. The van der Waals surface area contributed by atoms with Crippen LogP contribution in [0.3, 0.4) is 0 Å². The van der Waals surface area contributed by atoms with Crippen molar-refractivity contribution in [3.05, 3.63) is 62.4 Å². The summed E-state index contributed by atoms with van der Waals surface area (Å²) in [5, 5.41) is 42.2. The average Bonchev–Trinajstić information content (AvgIpc) is 2.83. The van der Waals surface area contributed by atoms with Crippen LogP contribution in [0, 0.1) is 26.0 Å². The van der Waals surface area contributed by atoms with Crippen molar-refractivity contribution < 1.29 is 24.5 Å². The molecule has 2 aliphatic rings.